The second kappa shape index (κ2) is 8.39. The van der Waals surface area contributed by atoms with Crippen LogP contribution in [0, 0.1) is 9.39 Å². The van der Waals surface area contributed by atoms with Gasteiger partial charge in [-0.25, -0.2) is 4.39 Å². The molecule has 4 nitrogen and oxygen atoms in total. The number of fused-ring (bicyclic) bond motifs is 1. The minimum atomic E-state index is -0.304. The van der Waals surface area contributed by atoms with Gasteiger partial charge in [-0.3, -0.25) is 9.59 Å². The van der Waals surface area contributed by atoms with E-state index in [1.807, 2.05) is 6.07 Å². The predicted molar refractivity (Wildman–Crippen MR) is 120 cm³/mol. The molecule has 0 unspecified atom stereocenters. The Bertz CT molecular complexity index is 1150. The molecule has 0 aromatic heterocycles. The molecule has 3 aromatic rings. The van der Waals surface area contributed by atoms with Crippen LogP contribution in [0.15, 0.2) is 66.2 Å². The molecule has 0 fully saturated rings. The predicted octanol–water partition coefficient (Wildman–Crippen LogP) is 5.48. The van der Waals surface area contributed by atoms with Crippen LogP contribution in [-0.4, -0.2) is 18.7 Å². The number of ether oxygens (including phenoxy) is 2. The van der Waals surface area contributed by atoms with E-state index in [1.165, 1.54) is 19.2 Å². The van der Waals surface area contributed by atoms with Crippen molar-refractivity contribution in [2.45, 2.75) is 6.61 Å². The first-order valence-electron chi connectivity index (χ1n) is 9.13. The van der Waals surface area contributed by atoms with Crippen LogP contribution in [0.3, 0.4) is 0 Å². The third-order valence-corrected chi connectivity index (χ3v) is 5.57. The SMILES string of the molecule is COc1cc(C=C2C(=O)c3ccccc3C2=O)cc(I)c1OCc1ccc(F)cc1. The lowest BCUT2D eigenvalue weighted by Crippen LogP contribution is -2.02. The highest BCUT2D eigenvalue weighted by molar-refractivity contribution is 14.1. The molecular weight excluding hydrogens is 498 g/mol. The summed E-state index contributed by atoms with van der Waals surface area (Å²) >= 11 is 2.12. The summed E-state index contributed by atoms with van der Waals surface area (Å²) in [7, 11) is 1.52. The van der Waals surface area contributed by atoms with Gasteiger partial charge in [-0.1, -0.05) is 36.4 Å². The van der Waals surface area contributed by atoms with Crippen LogP contribution >= 0.6 is 22.6 Å². The van der Waals surface area contributed by atoms with Crippen molar-refractivity contribution in [2.75, 3.05) is 7.11 Å². The van der Waals surface area contributed by atoms with Crippen molar-refractivity contribution in [3.63, 3.8) is 0 Å². The molecule has 0 bridgehead atoms. The van der Waals surface area contributed by atoms with E-state index in [0.717, 1.165) is 9.13 Å². The number of halogens is 2. The number of ketones is 2. The molecule has 3 aromatic carbocycles. The molecule has 0 saturated heterocycles. The second-order valence-corrected chi connectivity index (χ2v) is 7.87. The Kier molecular flexibility index (Phi) is 5.67. The maximum absolute atomic E-state index is 13.1. The standard InChI is InChI=1S/C24H16FIO4/c1-29-21-12-15(10-19-22(27)17-4-2-3-5-18(17)23(19)28)11-20(26)24(21)30-13-14-6-8-16(25)9-7-14/h2-12H,13H2,1H3. The third kappa shape index (κ3) is 3.87. The lowest BCUT2D eigenvalue weighted by molar-refractivity contribution is 0.0990. The molecule has 0 spiro atoms. The molecule has 1 aliphatic rings. The maximum Gasteiger partial charge on any atom is 0.197 e. The van der Waals surface area contributed by atoms with E-state index in [4.69, 9.17) is 9.47 Å². The molecule has 0 amide bonds. The van der Waals surface area contributed by atoms with Gasteiger partial charge in [0.25, 0.3) is 0 Å². The van der Waals surface area contributed by atoms with Crippen molar-refractivity contribution in [3.05, 3.63) is 97.9 Å². The number of carbonyl (C=O) groups excluding carboxylic acids is 2. The molecule has 0 aliphatic heterocycles. The lowest BCUT2D eigenvalue weighted by atomic mass is 10.1. The highest BCUT2D eigenvalue weighted by atomic mass is 127. The summed E-state index contributed by atoms with van der Waals surface area (Å²) in [4.78, 5) is 25.3. The largest absolute Gasteiger partial charge is 0.493 e. The van der Waals surface area contributed by atoms with Crippen molar-refractivity contribution < 1.29 is 23.5 Å². The number of allylic oxidation sites excluding steroid dienone is 1. The first kappa shape index (κ1) is 20.3. The molecule has 0 saturated carbocycles. The zero-order valence-corrected chi connectivity index (χ0v) is 18.1. The number of benzene rings is 3. The van der Waals surface area contributed by atoms with E-state index >= 15 is 0 Å². The van der Waals surface area contributed by atoms with Gasteiger partial charge in [0.2, 0.25) is 0 Å². The minimum Gasteiger partial charge on any atom is -0.493 e. The summed E-state index contributed by atoms with van der Waals surface area (Å²) in [6.07, 6.45) is 1.58. The molecule has 30 heavy (non-hydrogen) atoms. The number of hydrogen-bond acceptors (Lipinski definition) is 4. The first-order valence-corrected chi connectivity index (χ1v) is 10.2. The third-order valence-electron chi connectivity index (χ3n) is 4.76. The Labute approximate surface area is 186 Å². The van der Waals surface area contributed by atoms with Crippen molar-refractivity contribution in [3.8, 4) is 11.5 Å². The summed E-state index contributed by atoms with van der Waals surface area (Å²) in [5, 5.41) is 0. The van der Waals surface area contributed by atoms with E-state index in [2.05, 4.69) is 22.6 Å². The van der Waals surface area contributed by atoms with Crippen LogP contribution in [-0.2, 0) is 6.61 Å². The molecule has 0 heterocycles. The molecule has 150 valence electrons. The molecule has 0 radical (unpaired) electrons. The van der Waals surface area contributed by atoms with E-state index in [-0.39, 0.29) is 29.6 Å². The van der Waals surface area contributed by atoms with E-state index < -0.39 is 0 Å². The zero-order valence-electron chi connectivity index (χ0n) is 15.9. The molecule has 4 rings (SSSR count). The van der Waals surface area contributed by atoms with Crippen LogP contribution in [0.25, 0.3) is 6.08 Å². The first-order chi connectivity index (χ1) is 14.5. The summed E-state index contributed by atoms with van der Waals surface area (Å²) in [6, 6.07) is 16.4. The summed E-state index contributed by atoms with van der Waals surface area (Å²) in [5.41, 5.74) is 2.47. The highest BCUT2D eigenvalue weighted by Crippen LogP contribution is 2.36. The van der Waals surface area contributed by atoms with Gasteiger partial charge < -0.3 is 9.47 Å². The Hall–Kier alpha value is -3.00. The number of Topliss-reactive ketones (excluding diaryl/α,β-unsaturated/α-hetero) is 2. The number of carbonyl (C=O) groups is 2. The van der Waals surface area contributed by atoms with Crippen molar-refractivity contribution >= 4 is 40.2 Å². The van der Waals surface area contributed by atoms with Crippen molar-refractivity contribution in [1.29, 1.82) is 0 Å². The quantitative estimate of drug-likeness (QED) is 0.257. The Morgan fingerprint density at radius 3 is 2.20 bits per heavy atom. The fourth-order valence-corrected chi connectivity index (χ4v) is 4.05. The average molecular weight is 514 g/mol. The van der Waals surface area contributed by atoms with E-state index in [9.17, 15) is 14.0 Å². The topological polar surface area (TPSA) is 52.6 Å². The van der Waals surface area contributed by atoms with E-state index in [0.29, 0.717) is 28.2 Å². The zero-order chi connectivity index (χ0) is 21.3. The van der Waals surface area contributed by atoms with Gasteiger partial charge in [0.05, 0.1) is 16.3 Å². The Balaban J connectivity index is 1.63. The van der Waals surface area contributed by atoms with Gasteiger partial charge in [0, 0.05) is 11.1 Å². The van der Waals surface area contributed by atoms with Crippen LogP contribution < -0.4 is 9.47 Å². The fraction of sp³-hybridized carbons (Fsp3) is 0.0833. The van der Waals surface area contributed by atoms with Gasteiger partial charge >= 0.3 is 0 Å². The maximum atomic E-state index is 13.1. The number of hydrogen-bond donors (Lipinski definition) is 0. The fourth-order valence-electron chi connectivity index (χ4n) is 3.27. The lowest BCUT2D eigenvalue weighted by Gasteiger charge is -2.14. The summed E-state index contributed by atoms with van der Waals surface area (Å²) in [6.45, 7) is 0.249. The van der Waals surface area contributed by atoms with Crippen molar-refractivity contribution in [1.82, 2.24) is 0 Å². The Morgan fingerprint density at radius 1 is 0.967 bits per heavy atom. The minimum absolute atomic E-state index is 0.133. The van der Waals surface area contributed by atoms with Gasteiger partial charge in [-0.15, -0.1) is 0 Å². The van der Waals surface area contributed by atoms with E-state index in [1.54, 1.807) is 48.5 Å². The van der Waals surface area contributed by atoms with Crippen LogP contribution in [0.5, 0.6) is 11.5 Å². The van der Waals surface area contributed by atoms with Gasteiger partial charge in [-0.2, -0.15) is 0 Å². The summed E-state index contributed by atoms with van der Waals surface area (Å²) in [5.74, 6) is 0.159. The number of methoxy groups -OCH3 is 1. The highest BCUT2D eigenvalue weighted by Gasteiger charge is 2.32. The average Bonchev–Trinajstić information content (AvgIpc) is 2.99. The Morgan fingerprint density at radius 2 is 1.60 bits per heavy atom. The van der Waals surface area contributed by atoms with Crippen LogP contribution in [0.2, 0.25) is 0 Å². The van der Waals surface area contributed by atoms with Crippen LogP contribution in [0.4, 0.5) is 4.39 Å². The molecular formula is C24H16FIO4. The second-order valence-electron chi connectivity index (χ2n) is 6.71. The molecule has 0 N–H and O–H groups in total. The monoisotopic (exact) mass is 514 g/mol. The van der Waals surface area contributed by atoms with Gasteiger partial charge in [0.1, 0.15) is 12.4 Å². The molecule has 0 atom stereocenters. The van der Waals surface area contributed by atoms with Gasteiger partial charge in [0.15, 0.2) is 23.1 Å². The number of rotatable bonds is 5. The van der Waals surface area contributed by atoms with Crippen molar-refractivity contribution in [2.24, 2.45) is 0 Å². The molecule has 1 aliphatic carbocycles. The normalized spacial score (nSPS) is 12.7. The van der Waals surface area contributed by atoms with Gasteiger partial charge in [-0.05, 0) is 64.1 Å². The molecule has 6 heteroatoms. The smallest absolute Gasteiger partial charge is 0.197 e. The summed E-state index contributed by atoms with van der Waals surface area (Å²) < 4.78 is 25.2. The van der Waals surface area contributed by atoms with Crippen LogP contribution in [0.1, 0.15) is 31.8 Å².